The molecule has 0 spiro atoms. The second kappa shape index (κ2) is 8.26. The Morgan fingerprint density at radius 2 is 1.86 bits per heavy atom. The molecule has 0 aromatic heterocycles. The Morgan fingerprint density at radius 3 is 2.48 bits per heavy atom. The first kappa shape index (κ1) is 20.9. The van der Waals surface area contributed by atoms with Crippen molar-refractivity contribution < 1.29 is 27.6 Å². The lowest BCUT2D eigenvalue weighted by Crippen LogP contribution is -2.36. The second-order valence-electron chi connectivity index (χ2n) is 6.21. The van der Waals surface area contributed by atoms with Gasteiger partial charge in [0.25, 0.3) is 11.6 Å². The normalized spacial score (nSPS) is 14.6. The highest BCUT2D eigenvalue weighted by molar-refractivity contribution is 6.34. The van der Waals surface area contributed by atoms with Crippen LogP contribution in [0, 0.1) is 10.1 Å². The fourth-order valence-corrected chi connectivity index (χ4v) is 3.04. The molecule has 11 heteroatoms. The monoisotopic (exact) mass is 429 g/mol. The van der Waals surface area contributed by atoms with E-state index in [2.05, 4.69) is 5.32 Å². The third-order valence-corrected chi connectivity index (χ3v) is 4.66. The van der Waals surface area contributed by atoms with Crippen molar-refractivity contribution in [3.63, 3.8) is 0 Å². The predicted molar refractivity (Wildman–Crippen MR) is 101 cm³/mol. The largest absolute Gasteiger partial charge is 0.416 e. The first-order chi connectivity index (χ1) is 13.7. The summed E-state index contributed by atoms with van der Waals surface area (Å²) in [5, 5.41) is 13.7. The molecule has 0 radical (unpaired) electrons. The number of carbonyl (C=O) groups is 1. The molecule has 154 valence electrons. The number of nitro groups is 1. The summed E-state index contributed by atoms with van der Waals surface area (Å²) in [6.07, 6.45) is -4.61. The number of halogens is 4. The van der Waals surface area contributed by atoms with E-state index >= 15 is 0 Å². The van der Waals surface area contributed by atoms with E-state index in [1.165, 1.54) is 12.1 Å². The van der Waals surface area contributed by atoms with Crippen LogP contribution in [0.2, 0.25) is 5.02 Å². The minimum absolute atomic E-state index is 0.0813. The van der Waals surface area contributed by atoms with Gasteiger partial charge in [-0.15, -0.1) is 0 Å². The Kier molecular flexibility index (Phi) is 5.94. The van der Waals surface area contributed by atoms with Crippen molar-refractivity contribution in [2.24, 2.45) is 0 Å². The Bertz CT molecular complexity index is 946. The molecule has 1 fully saturated rings. The van der Waals surface area contributed by atoms with Crippen molar-refractivity contribution in [1.82, 2.24) is 0 Å². The minimum Gasteiger partial charge on any atom is -0.378 e. The van der Waals surface area contributed by atoms with E-state index in [9.17, 15) is 28.1 Å². The smallest absolute Gasteiger partial charge is 0.378 e. The summed E-state index contributed by atoms with van der Waals surface area (Å²) in [7, 11) is 0. The van der Waals surface area contributed by atoms with Crippen molar-refractivity contribution in [2.45, 2.75) is 6.18 Å². The third kappa shape index (κ3) is 4.77. The predicted octanol–water partition coefficient (Wildman–Crippen LogP) is 4.36. The van der Waals surface area contributed by atoms with Crippen LogP contribution in [0.25, 0.3) is 0 Å². The molecule has 0 saturated carbocycles. The van der Waals surface area contributed by atoms with Crippen LogP contribution in [0.3, 0.4) is 0 Å². The minimum atomic E-state index is -4.61. The average Bonchev–Trinajstić information content (AvgIpc) is 2.69. The zero-order valence-electron chi connectivity index (χ0n) is 14.8. The van der Waals surface area contributed by atoms with Gasteiger partial charge in [-0.2, -0.15) is 13.2 Å². The van der Waals surface area contributed by atoms with Crippen LogP contribution in [-0.4, -0.2) is 37.1 Å². The van der Waals surface area contributed by atoms with Gasteiger partial charge in [0.1, 0.15) is 5.69 Å². The lowest BCUT2D eigenvalue weighted by molar-refractivity contribution is -0.384. The summed E-state index contributed by atoms with van der Waals surface area (Å²) in [4.78, 5) is 25.1. The number of carbonyl (C=O) groups excluding carboxylic acids is 1. The molecule has 29 heavy (non-hydrogen) atoms. The van der Waals surface area contributed by atoms with Crippen molar-refractivity contribution in [1.29, 1.82) is 0 Å². The number of rotatable bonds is 4. The summed E-state index contributed by atoms with van der Waals surface area (Å²) in [5.74, 6) is -0.817. The highest BCUT2D eigenvalue weighted by Crippen LogP contribution is 2.34. The van der Waals surface area contributed by atoms with Gasteiger partial charge in [-0.25, -0.2) is 0 Å². The molecule has 2 aromatic carbocycles. The van der Waals surface area contributed by atoms with Crippen LogP contribution in [0.4, 0.5) is 30.2 Å². The molecule has 2 aromatic rings. The van der Waals surface area contributed by atoms with Gasteiger partial charge in [-0.1, -0.05) is 11.6 Å². The summed E-state index contributed by atoms with van der Waals surface area (Å²) in [6.45, 7) is 1.78. The van der Waals surface area contributed by atoms with Gasteiger partial charge in [-0.05, 0) is 30.3 Å². The molecular formula is C18H15ClF3N3O4. The number of anilines is 2. The molecule has 0 unspecified atom stereocenters. The van der Waals surface area contributed by atoms with Crippen LogP contribution >= 0.6 is 11.6 Å². The molecule has 1 amide bonds. The zero-order chi connectivity index (χ0) is 21.2. The molecule has 0 aliphatic carbocycles. The van der Waals surface area contributed by atoms with E-state index in [0.717, 1.165) is 18.2 Å². The Morgan fingerprint density at radius 1 is 1.17 bits per heavy atom. The van der Waals surface area contributed by atoms with E-state index in [1.807, 2.05) is 0 Å². The van der Waals surface area contributed by atoms with Crippen LogP contribution in [0.1, 0.15) is 15.9 Å². The van der Waals surface area contributed by atoms with Gasteiger partial charge in [-0.3, -0.25) is 14.9 Å². The maximum atomic E-state index is 12.9. The second-order valence-corrected chi connectivity index (χ2v) is 6.61. The van der Waals surface area contributed by atoms with Gasteiger partial charge in [0.05, 0.1) is 34.4 Å². The molecule has 3 rings (SSSR count). The maximum absolute atomic E-state index is 12.9. The lowest BCUT2D eigenvalue weighted by Gasteiger charge is -2.28. The molecule has 1 heterocycles. The molecule has 1 aliphatic heterocycles. The number of nitro benzene ring substituents is 1. The number of alkyl halides is 3. The van der Waals surface area contributed by atoms with Crippen LogP contribution < -0.4 is 10.2 Å². The number of morpholine rings is 1. The summed E-state index contributed by atoms with van der Waals surface area (Å²) in [5.41, 5.74) is -1.25. The number of amides is 1. The number of nitrogens with zero attached hydrogens (tertiary/aromatic N) is 2. The molecule has 7 nitrogen and oxygen atoms in total. The number of benzene rings is 2. The van der Waals surface area contributed by atoms with Crippen molar-refractivity contribution in [3.8, 4) is 0 Å². The van der Waals surface area contributed by atoms with Gasteiger partial charge in [0, 0.05) is 24.7 Å². The van der Waals surface area contributed by atoms with Gasteiger partial charge >= 0.3 is 6.18 Å². The summed E-state index contributed by atoms with van der Waals surface area (Å²) >= 11 is 5.88. The molecule has 0 bridgehead atoms. The highest BCUT2D eigenvalue weighted by Gasteiger charge is 2.31. The van der Waals surface area contributed by atoms with E-state index in [0.29, 0.717) is 38.1 Å². The first-order valence-corrected chi connectivity index (χ1v) is 8.84. The number of ether oxygens (including phenoxy) is 1. The SMILES string of the molecule is O=C(Nc1cc(C(F)(F)F)ccc1Cl)c1ccc(N2CCOCC2)c([N+](=O)[O-])c1. The lowest BCUT2D eigenvalue weighted by atomic mass is 10.1. The summed E-state index contributed by atoms with van der Waals surface area (Å²) < 4.78 is 43.9. The van der Waals surface area contributed by atoms with Gasteiger partial charge in [0.2, 0.25) is 0 Å². The summed E-state index contributed by atoms with van der Waals surface area (Å²) in [6, 6.07) is 6.41. The van der Waals surface area contributed by atoms with Crippen LogP contribution in [0.15, 0.2) is 36.4 Å². The Labute approximate surface area is 168 Å². The van der Waals surface area contributed by atoms with E-state index in [1.54, 1.807) is 4.90 Å². The van der Waals surface area contributed by atoms with E-state index in [-0.39, 0.29) is 22.0 Å². The maximum Gasteiger partial charge on any atom is 0.416 e. The fraction of sp³-hybridized carbons (Fsp3) is 0.278. The average molecular weight is 430 g/mol. The van der Waals surface area contributed by atoms with E-state index < -0.39 is 22.6 Å². The fourth-order valence-electron chi connectivity index (χ4n) is 2.87. The Hall–Kier alpha value is -2.85. The molecule has 1 aliphatic rings. The van der Waals surface area contributed by atoms with Gasteiger partial charge in [0.15, 0.2) is 0 Å². The first-order valence-electron chi connectivity index (χ1n) is 8.46. The molecule has 1 saturated heterocycles. The molecule has 0 atom stereocenters. The standard InChI is InChI=1S/C18H15ClF3N3O4/c19-13-3-2-12(18(20,21)22)10-14(13)23-17(26)11-1-4-15(16(9-11)25(27)28)24-5-7-29-8-6-24/h1-4,9-10H,5-8H2,(H,23,26). The molecule has 1 N–H and O–H groups in total. The molecular weight excluding hydrogens is 415 g/mol. The van der Waals surface area contributed by atoms with Gasteiger partial charge < -0.3 is 15.0 Å². The quantitative estimate of drug-likeness (QED) is 0.576. The number of hydrogen-bond acceptors (Lipinski definition) is 5. The van der Waals surface area contributed by atoms with Crippen molar-refractivity contribution in [2.75, 3.05) is 36.5 Å². The highest BCUT2D eigenvalue weighted by atomic mass is 35.5. The van der Waals surface area contributed by atoms with Crippen LogP contribution in [0.5, 0.6) is 0 Å². The topological polar surface area (TPSA) is 84.7 Å². The number of hydrogen-bond donors (Lipinski definition) is 1. The number of nitrogens with one attached hydrogen (secondary N) is 1. The van der Waals surface area contributed by atoms with Crippen molar-refractivity contribution in [3.05, 3.63) is 62.7 Å². The third-order valence-electron chi connectivity index (χ3n) is 4.33. The van der Waals surface area contributed by atoms with E-state index in [4.69, 9.17) is 16.3 Å². The zero-order valence-corrected chi connectivity index (χ0v) is 15.6. The Balaban J connectivity index is 1.88. The van der Waals surface area contributed by atoms with Crippen molar-refractivity contribution >= 4 is 34.6 Å². The van der Waals surface area contributed by atoms with Crippen LogP contribution in [-0.2, 0) is 10.9 Å².